The Hall–Kier alpha value is -3.71. The summed E-state index contributed by atoms with van der Waals surface area (Å²) in [7, 11) is 1.50. The second kappa shape index (κ2) is 11.1. The summed E-state index contributed by atoms with van der Waals surface area (Å²) >= 11 is 5.86. The zero-order chi connectivity index (χ0) is 24.8. The maximum atomic E-state index is 13.0. The molecule has 4 rings (SSSR count). The number of pyridine rings is 1. The normalized spacial score (nSPS) is 13.7. The predicted molar refractivity (Wildman–Crippen MR) is 138 cm³/mol. The third kappa shape index (κ3) is 6.05. The lowest BCUT2D eigenvalue weighted by molar-refractivity contribution is 0.102. The molecule has 35 heavy (non-hydrogen) atoms. The molecule has 0 saturated heterocycles. The molecule has 1 heterocycles. The number of aromatic nitrogens is 1. The minimum Gasteiger partial charge on any atom is -0.497 e. The van der Waals surface area contributed by atoms with E-state index in [4.69, 9.17) is 21.7 Å². The minimum atomic E-state index is -0.453. The highest BCUT2D eigenvalue weighted by atomic mass is 35.5. The summed E-state index contributed by atoms with van der Waals surface area (Å²) in [6, 6.07) is 15.1. The maximum absolute atomic E-state index is 13.0. The van der Waals surface area contributed by atoms with Crippen LogP contribution >= 0.6 is 11.6 Å². The van der Waals surface area contributed by atoms with Gasteiger partial charge in [-0.2, -0.15) is 0 Å². The Kier molecular flexibility index (Phi) is 7.77. The van der Waals surface area contributed by atoms with Crippen LogP contribution in [-0.4, -0.2) is 29.6 Å². The highest BCUT2D eigenvalue weighted by Gasteiger charge is 2.20. The summed E-state index contributed by atoms with van der Waals surface area (Å²) in [5.41, 5.74) is 2.48. The zero-order valence-corrected chi connectivity index (χ0v) is 20.2. The Labute approximate surface area is 209 Å². The Balaban J connectivity index is 1.49. The SMILES string of the molecule is COc1ccc(NC(=O)c2ccc(C(=N)C3CCCCC3)cc2)c(C(=O)Nc2ccc(Cl)cn2)c1. The maximum Gasteiger partial charge on any atom is 0.259 e. The van der Waals surface area contributed by atoms with Crippen LogP contribution in [0.25, 0.3) is 0 Å². The van der Waals surface area contributed by atoms with Gasteiger partial charge in [0.05, 0.1) is 23.4 Å². The van der Waals surface area contributed by atoms with Crippen molar-refractivity contribution < 1.29 is 14.3 Å². The van der Waals surface area contributed by atoms with E-state index in [1.807, 2.05) is 12.1 Å². The monoisotopic (exact) mass is 490 g/mol. The number of hydrogen-bond acceptors (Lipinski definition) is 5. The molecule has 0 bridgehead atoms. The van der Waals surface area contributed by atoms with Crippen LogP contribution in [0, 0.1) is 11.3 Å². The lowest BCUT2D eigenvalue weighted by Gasteiger charge is -2.22. The van der Waals surface area contributed by atoms with Crippen molar-refractivity contribution in [1.82, 2.24) is 4.98 Å². The van der Waals surface area contributed by atoms with E-state index in [9.17, 15) is 9.59 Å². The molecule has 2 aromatic carbocycles. The lowest BCUT2D eigenvalue weighted by Crippen LogP contribution is -2.19. The Bertz CT molecular complexity index is 1220. The fourth-order valence-corrected chi connectivity index (χ4v) is 4.32. The van der Waals surface area contributed by atoms with Crippen molar-refractivity contribution in [3.8, 4) is 5.75 Å². The van der Waals surface area contributed by atoms with Gasteiger partial charge < -0.3 is 20.8 Å². The lowest BCUT2D eigenvalue weighted by atomic mass is 9.83. The van der Waals surface area contributed by atoms with E-state index in [0.29, 0.717) is 39.5 Å². The number of ether oxygens (including phenoxy) is 1. The van der Waals surface area contributed by atoms with Crippen molar-refractivity contribution in [2.75, 3.05) is 17.7 Å². The molecule has 3 N–H and O–H groups in total. The number of carbonyl (C=O) groups is 2. The second-order valence-electron chi connectivity index (χ2n) is 8.51. The summed E-state index contributed by atoms with van der Waals surface area (Å²) in [5, 5.41) is 14.5. The summed E-state index contributed by atoms with van der Waals surface area (Å²) in [6.07, 6.45) is 7.11. The smallest absolute Gasteiger partial charge is 0.259 e. The Morgan fingerprint density at radius 1 is 0.943 bits per heavy atom. The van der Waals surface area contributed by atoms with Crippen LogP contribution in [-0.2, 0) is 0 Å². The number of carbonyl (C=O) groups excluding carboxylic acids is 2. The van der Waals surface area contributed by atoms with E-state index in [0.717, 1.165) is 18.4 Å². The quantitative estimate of drug-likeness (QED) is 0.343. The number of hydrogen-bond donors (Lipinski definition) is 3. The van der Waals surface area contributed by atoms with E-state index < -0.39 is 5.91 Å². The molecular formula is C27H27ClN4O3. The van der Waals surface area contributed by atoms with Crippen molar-refractivity contribution in [1.29, 1.82) is 5.41 Å². The van der Waals surface area contributed by atoms with Gasteiger partial charge in [0, 0.05) is 23.4 Å². The standard InChI is InChI=1S/C27H27ClN4O3/c1-35-21-12-13-23(22(15-21)27(34)32-24-14-11-20(28)16-30-24)31-26(33)19-9-7-18(8-10-19)25(29)17-5-3-2-4-6-17/h7-17,29H,2-6H2,1H3,(H,31,33)(H,30,32,34). The summed E-state index contributed by atoms with van der Waals surface area (Å²) in [4.78, 5) is 30.0. The van der Waals surface area contributed by atoms with Gasteiger partial charge in [-0.05, 0) is 60.9 Å². The third-order valence-corrected chi connectivity index (χ3v) is 6.38. The van der Waals surface area contributed by atoms with Gasteiger partial charge >= 0.3 is 0 Å². The van der Waals surface area contributed by atoms with Gasteiger partial charge in [-0.3, -0.25) is 9.59 Å². The highest BCUT2D eigenvalue weighted by Crippen LogP contribution is 2.27. The molecule has 0 atom stereocenters. The Morgan fingerprint density at radius 3 is 2.31 bits per heavy atom. The average molecular weight is 491 g/mol. The van der Waals surface area contributed by atoms with Gasteiger partial charge in [0.15, 0.2) is 0 Å². The molecular weight excluding hydrogens is 464 g/mol. The first-order valence-electron chi connectivity index (χ1n) is 11.6. The van der Waals surface area contributed by atoms with E-state index in [1.54, 1.807) is 42.5 Å². The second-order valence-corrected chi connectivity index (χ2v) is 8.94. The number of anilines is 2. The number of rotatable bonds is 7. The summed E-state index contributed by atoms with van der Waals surface area (Å²) < 4.78 is 5.26. The number of amides is 2. The van der Waals surface area contributed by atoms with Crippen molar-refractivity contribution >= 4 is 40.6 Å². The van der Waals surface area contributed by atoms with Gasteiger partial charge in [-0.1, -0.05) is 43.0 Å². The third-order valence-electron chi connectivity index (χ3n) is 6.16. The van der Waals surface area contributed by atoms with E-state index in [2.05, 4.69) is 15.6 Å². The average Bonchev–Trinajstić information content (AvgIpc) is 2.90. The van der Waals surface area contributed by atoms with Gasteiger partial charge in [-0.25, -0.2) is 4.98 Å². The van der Waals surface area contributed by atoms with Gasteiger partial charge in [0.1, 0.15) is 11.6 Å². The molecule has 7 nitrogen and oxygen atoms in total. The largest absolute Gasteiger partial charge is 0.497 e. The molecule has 8 heteroatoms. The molecule has 1 saturated carbocycles. The molecule has 1 aromatic heterocycles. The van der Waals surface area contributed by atoms with E-state index in [-0.39, 0.29) is 11.5 Å². The molecule has 1 fully saturated rings. The number of nitrogens with one attached hydrogen (secondary N) is 3. The number of halogens is 1. The summed E-state index contributed by atoms with van der Waals surface area (Å²) in [5.74, 6) is 0.284. The van der Waals surface area contributed by atoms with Crippen LogP contribution in [0.5, 0.6) is 5.75 Å². The first-order valence-corrected chi connectivity index (χ1v) is 11.9. The minimum absolute atomic E-state index is 0.227. The Morgan fingerprint density at radius 2 is 1.66 bits per heavy atom. The first kappa shape index (κ1) is 24.4. The number of nitrogens with zero attached hydrogens (tertiary/aromatic N) is 1. The molecule has 0 spiro atoms. The predicted octanol–water partition coefficient (Wildman–Crippen LogP) is 6.20. The van der Waals surface area contributed by atoms with Crippen LogP contribution in [0.4, 0.5) is 11.5 Å². The van der Waals surface area contributed by atoms with Crippen molar-refractivity contribution in [3.05, 3.63) is 82.5 Å². The number of benzene rings is 2. The van der Waals surface area contributed by atoms with Crippen LogP contribution < -0.4 is 15.4 Å². The van der Waals surface area contributed by atoms with E-state index >= 15 is 0 Å². The van der Waals surface area contributed by atoms with E-state index in [1.165, 1.54) is 32.6 Å². The molecule has 1 aliphatic carbocycles. The van der Waals surface area contributed by atoms with Crippen molar-refractivity contribution in [3.63, 3.8) is 0 Å². The van der Waals surface area contributed by atoms with Gasteiger partial charge in [0.25, 0.3) is 11.8 Å². The fraction of sp³-hybridized carbons (Fsp3) is 0.259. The summed E-state index contributed by atoms with van der Waals surface area (Å²) in [6.45, 7) is 0. The van der Waals surface area contributed by atoms with Crippen molar-refractivity contribution in [2.24, 2.45) is 5.92 Å². The molecule has 3 aromatic rings. The number of methoxy groups -OCH3 is 1. The fourth-order valence-electron chi connectivity index (χ4n) is 4.20. The zero-order valence-electron chi connectivity index (χ0n) is 19.4. The van der Waals surface area contributed by atoms with Crippen LogP contribution in [0.15, 0.2) is 60.8 Å². The van der Waals surface area contributed by atoms with Crippen molar-refractivity contribution in [2.45, 2.75) is 32.1 Å². The van der Waals surface area contributed by atoms with Crippen LogP contribution in [0.2, 0.25) is 5.02 Å². The molecule has 2 amide bonds. The highest BCUT2D eigenvalue weighted by molar-refractivity contribution is 6.30. The molecule has 180 valence electrons. The van der Waals surface area contributed by atoms with Crippen LogP contribution in [0.3, 0.4) is 0 Å². The topological polar surface area (TPSA) is 104 Å². The van der Waals surface area contributed by atoms with Crippen LogP contribution in [0.1, 0.15) is 58.4 Å². The molecule has 0 unspecified atom stereocenters. The molecule has 0 radical (unpaired) electrons. The molecule has 1 aliphatic rings. The molecule has 0 aliphatic heterocycles. The van der Waals surface area contributed by atoms with Gasteiger partial charge in [-0.15, -0.1) is 0 Å². The first-order chi connectivity index (χ1) is 16.9. The van der Waals surface area contributed by atoms with Gasteiger partial charge in [0.2, 0.25) is 0 Å².